The van der Waals surface area contributed by atoms with E-state index < -0.39 is 0 Å². The van der Waals surface area contributed by atoms with Gasteiger partial charge in [-0.05, 0) is 38.5 Å². The van der Waals surface area contributed by atoms with Crippen LogP contribution in [0.5, 0.6) is 0 Å². The highest BCUT2D eigenvalue weighted by Gasteiger charge is 2.31. The van der Waals surface area contributed by atoms with Gasteiger partial charge in [-0.1, -0.05) is 19.8 Å². The Hall–Kier alpha value is -0.770. The van der Waals surface area contributed by atoms with E-state index >= 15 is 0 Å². The number of hydrogen-bond donors (Lipinski definition) is 3. The Morgan fingerprint density at radius 3 is 2.44 bits per heavy atom. The molecule has 1 rings (SSSR count). The van der Waals surface area contributed by atoms with E-state index in [1.807, 2.05) is 0 Å². The summed E-state index contributed by atoms with van der Waals surface area (Å²) in [6.07, 6.45) is 6.55. The lowest BCUT2D eigenvalue weighted by Gasteiger charge is -2.25. The first-order valence-corrected chi connectivity index (χ1v) is 6.39. The number of nitrogens with zero attached hydrogens (tertiary/aromatic N) is 1. The van der Waals surface area contributed by atoms with Crippen LogP contribution in [0.3, 0.4) is 0 Å². The topological polar surface area (TPSA) is 62.4 Å². The van der Waals surface area contributed by atoms with E-state index in [1.54, 1.807) is 0 Å². The van der Waals surface area contributed by atoms with Crippen LogP contribution in [0.4, 0.5) is 0 Å². The number of hydrazine groups is 1. The maximum Gasteiger partial charge on any atom is 0.205 e. The van der Waals surface area contributed by atoms with Crippen molar-refractivity contribution in [3.8, 4) is 0 Å². The molecule has 0 radical (unpaired) electrons. The van der Waals surface area contributed by atoms with Gasteiger partial charge in [0.25, 0.3) is 0 Å². The van der Waals surface area contributed by atoms with Gasteiger partial charge in [0.05, 0.1) is 0 Å². The highest BCUT2D eigenvalue weighted by molar-refractivity contribution is 5.79. The molecule has 94 valence electrons. The monoisotopic (exact) mass is 226 g/mol. The lowest BCUT2D eigenvalue weighted by molar-refractivity contribution is 0.297. The van der Waals surface area contributed by atoms with Crippen molar-refractivity contribution in [1.82, 2.24) is 10.7 Å². The first-order chi connectivity index (χ1) is 7.62. The number of hydrogen-bond acceptors (Lipinski definition) is 2. The molecule has 16 heavy (non-hydrogen) atoms. The molecule has 4 N–H and O–H groups in total. The zero-order valence-corrected chi connectivity index (χ0v) is 10.8. The molecule has 0 aromatic rings. The minimum atomic E-state index is 0.357. The molecular formula is C12H26N4. The Bertz CT molecular complexity index is 229. The van der Waals surface area contributed by atoms with Gasteiger partial charge in [0.1, 0.15) is 0 Å². The minimum Gasteiger partial charge on any atom is -0.353 e. The van der Waals surface area contributed by atoms with Gasteiger partial charge in [0.2, 0.25) is 5.96 Å². The molecule has 0 aromatic heterocycles. The van der Waals surface area contributed by atoms with Gasteiger partial charge in [-0.2, -0.15) is 0 Å². The molecule has 0 unspecified atom stereocenters. The number of guanidine groups is 1. The quantitative estimate of drug-likeness (QED) is 0.296. The van der Waals surface area contributed by atoms with Crippen molar-refractivity contribution in [1.29, 1.82) is 0 Å². The van der Waals surface area contributed by atoms with E-state index in [9.17, 15) is 0 Å². The van der Waals surface area contributed by atoms with Crippen molar-refractivity contribution in [3.63, 3.8) is 0 Å². The fourth-order valence-electron chi connectivity index (χ4n) is 2.40. The summed E-state index contributed by atoms with van der Waals surface area (Å²) in [7, 11) is 0. The van der Waals surface area contributed by atoms with E-state index in [0.717, 1.165) is 12.5 Å². The Kier molecular flexibility index (Phi) is 5.06. The van der Waals surface area contributed by atoms with E-state index in [0.29, 0.717) is 11.5 Å². The molecule has 0 spiro atoms. The van der Waals surface area contributed by atoms with E-state index in [1.165, 1.54) is 32.1 Å². The van der Waals surface area contributed by atoms with Crippen molar-refractivity contribution in [2.24, 2.45) is 16.3 Å². The minimum absolute atomic E-state index is 0.357. The molecule has 1 aliphatic carbocycles. The number of aliphatic imine (C=N–C) groups is 1. The molecule has 4 nitrogen and oxygen atoms in total. The van der Waals surface area contributed by atoms with Crippen LogP contribution in [-0.4, -0.2) is 18.5 Å². The van der Waals surface area contributed by atoms with Crippen LogP contribution in [-0.2, 0) is 0 Å². The molecule has 1 aliphatic rings. The Morgan fingerprint density at radius 1 is 1.38 bits per heavy atom. The van der Waals surface area contributed by atoms with Crippen molar-refractivity contribution >= 4 is 5.96 Å². The van der Waals surface area contributed by atoms with Crippen LogP contribution in [0, 0.1) is 5.41 Å². The van der Waals surface area contributed by atoms with E-state index in [4.69, 9.17) is 5.84 Å². The van der Waals surface area contributed by atoms with Crippen LogP contribution in [0.2, 0.25) is 0 Å². The maximum absolute atomic E-state index is 5.45. The van der Waals surface area contributed by atoms with Crippen LogP contribution in [0.25, 0.3) is 0 Å². The summed E-state index contributed by atoms with van der Waals surface area (Å²) < 4.78 is 0. The third-order valence-electron chi connectivity index (χ3n) is 3.55. The van der Waals surface area contributed by atoms with E-state index in [2.05, 4.69) is 36.5 Å². The summed E-state index contributed by atoms with van der Waals surface area (Å²) in [6, 6.07) is 0.357. The van der Waals surface area contributed by atoms with Gasteiger partial charge in [-0.25, -0.2) is 5.84 Å². The van der Waals surface area contributed by atoms with Crippen molar-refractivity contribution in [2.75, 3.05) is 6.54 Å². The SMILES string of the molecule is CCC1(CN=C(NN)NC(C)C)CCCC1. The summed E-state index contributed by atoms with van der Waals surface area (Å²) in [4.78, 5) is 4.58. The van der Waals surface area contributed by atoms with Crippen LogP contribution in [0.15, 0.2) is 4.99 Å². The fraction of sp³-hybridized carbons (Fsp3) is 0.917. The van der Waals surface area contributed by atoms with Gasteiger partial charge in [-0.15, -0.1) is 0 Å². The third kappa shape index (κ3) is 3.67. The normalized spacial score (nSPS) is 20.2. The number of nitrogens with two attached hydrogens (primary N) is 1. The highest BCUT2D eigenvalue weighted by atomic mass is 15.3. The zero-order chi connectivity index (χ0) is 12.0. The molecule has 1 saturated carbocycles. The zero-order valence-electron chi connectivity index (χ0n) is 10.8. The molecule has 0 amide bonds. The Balaban J connectivity index is 2.53. The van der Waals surface area contributed by atoms with Gasteiger partial charge >= 0.3 is 0 Å². The largest absolute Gasteiger partial charge is 0.353 e. The summed E-state index contributed by atoms with van der Waals surface area (Å²) in [5.41, 5.74) is 3.07. The van der Waals surface area contributed by atoms with Crippen molar-refractivity contribution in [2.45, 2.75) is 58.9 Å². The first kappa shape index (κ1) is 13.3. The maximum atomic E-state index is 5.45. The Labute approximate surface area is 99.1 Å². The highest BCUT2D eigenvalue weighted by Crippen LogP contribution is 2.41. The number of nitrogens with one attached hydrogen (secondary N) is 2. The second-order valence-corrected chi connectivity index (χ2v) is 5.17. The lowest BCUT2D eigenvalue weighted by atomic mass is 9.84. The van der Waals surface area contributed by atoms with Crippen LogP contribution < -0.4 is 16.6 Å². The van der Waals surface area contributed by atoms with E-state index in [-0.39, 0.29) is 0 Å². The lowest BCUT2D eigenvalue weighted by Crippen LogP contribution is -2.45. The van der Waals surface area contributed by atoms with Gasteiger partial charge in [-0.3, -0.25) is 10.4 Å². The second-order valence-electron chi connectivity index (χ2n) is 5.17. The third-order valence-corrected chi connectivity index (χ3v) is 3.55. The number of rotatable bonds is 4. The van der Waals surface area contributed by atoms with Crippen LogP contribution in [0.1, 0.15) is 52.9 Å². The summed E-state index contributed by atoms with van der Waals surface area (Å²) in [5, 5.41) is 3.21. The first-order valence-electron chi connectivity index (χ1n) is 6.39. The van der Waals surface area contributed by atoms with Crippen molar-refractivity contribution < 1.29 is 0 Å². The molecule has 0 aliphatic heterocycles. The molecule has 4 heteroatoms. The average molecular weight is 226 g/mol. The molecule has 0 atom stereocenters. The molecule has 0 aromatic carbocycles. The molecule has 0 bridgehead atoms. The molecular weight excluding hydrogens is 200 g/mol. The van der Waals surface area contributed by atoms with Crippen LogP contribution >= 0.6 is 0 Å². The van der Waals surface area contributed by atoms with Gasteiger partial charge in [0.15, 0.2) is 0 Å². The van der Waals surface area contributed by atoms with Crippen molar-refractivity contribution in [3.05, 3.63) is 0 Å². The van der Waals surface area contributed by atoms with Gasteiger partial charge < -0.3 is 5.32 Å². The summed E-state index contributed by atoms with van der Waals surface area (Å²) in [5.74, 6) is 6.16. The summed E-state index contributed by atoms with van der Waals surface area (Å²) in [6.45, 7) is 7.32. The average Bonchev–Trinajstić information content (AvgIpc) is 2.73. The van der Waals surface area contributed by atoms with Gasteiger partial charge in [0, 0.05) is 12.6 Å². The molecule has 0 saturated heterocycles. The predicted molar refractivity (Wildman–Crippen MR) is 69.1 cm³/mol. The fourth-order valence-corrected chi connectivity index (χ4v) is 2.40. The second kappa shape index (κ2) is 6.09. The summed E-state index contributed by atoms with van der Waals surface area (Å²) >= 11 is 0. The molecule has 1 fully saturated rings. The predicted octanol–water partition coefficient (Wildman–Crippen LogP) is 1.77. The standard InChI is InChI=1S/C12H26N4/c1-4-12(7-5-6-8-12)9-14-11(16-13)15-10(2)3/h10H,4-9,13H2,1-3H3,(H2,14,15,16). The Morgan fingerprint density at radius 2 is 2.00 bits per heavy atom. The molecule has 0 heterocycles. The smallest absolute Gasteiger partial charge is 0.205 e.